The van der Waals surface area contributed by atoms with Crippen molar-refractivity contribution in [3.05, 3.63) is 17.5 Å². The Morgan fingerprint density at radius 2 is 2.44 bits per heavy atom. The normalized spacial score (nSPS) is 23.2. The Morgan fingerprint density at radius 3 is 3.25 bits per heavy atom. The van der Waals surface area contributed by atoms with Crippen molar-refractivity contribution in [2.24, 2.45) is 10.9 Å². The Kier molecular flexibility index (Phi) is 2.07. The fourth-order valence-electron chi connectivity index (χ4n) is 2.47. The molecule has 1 unspecified atom stereocenters. The van der Waals surface area contributed by atoms with Gasteiger partial charge in [-0.15, -0.1) is 0 Å². The van der Waals surface area contributed by atoms with Crippen molar-refractivity contribution in [3.63, 3.8) is 0 Å². The number of nitrogens with one attached hydrogen (secondary N) is 2. The van der Waals surface area contributed by atoms with Crippen LogP contribution in [0.5, 0.6) is 0 Å². The van der Waals surface area contributed by atoms with E-state index in [0.29, 0.717) is 11.6 Å². The van der Waals surface area contributed by atoms with E-state index in [1.807, 2.05) is 0 Å². The molecule has 3 heterocycles. The van der Waals surface area contributed by atoms with Gasteiger partial charge in [-0.1, -0.05) is 0 Å². The minimum Gasteiger partial charge on any atom is -0.477 e. The number of carboxylic acid groups (broad SMARTS) is 1. The zero-order valence-corrected chi connectivity index (χ0v) is 8.79. The van der Waals surface area contributed by atoms with E-state index in [0.717, 1.165) is 37.2 Å². The number of piperidine rings is 1. The Bertz CT molecular complexity index is 476. The van der Waals surface area contributed by atoms with Crippen LogP contribution in [-0.2, 0) is 6.42 Å². The zero-order chi connectivity index (χ0) is 11.1. The summed E-state index contributed by atoms with van der Waals surface area (Å²) < 4.78 is 0. The Morgan fingerprint density at radius 1 is 1.56 bits per heavy atom. The summed E-state index contributed by atoms with van der Waals surface area (Å²) in [6, 6.07) is 0. The highest BCUT2D eigenvalue weighted by molar-refractivity contribution is 5.99. The van der Waals surface area contributed by atoms with E-state index in [9.17, 15) is 4.79 Å². The number of fused-ring (bicyclic) bond motifs is 2. The average Bonchev–Trinajstić information content (AvgIpc) is 2.68. The van der Waals surface area contributed by atoms with E-state index < -0.39 is 5.97 Å². The van der Waals surface area contributed by atoms with E-state index in [1.165, 1.54) is 0 Å². The number of aromatic amines is 1. The van der Waals surface area contributed by atoms with E-state index in [-0.39, 0.29) is 5.69 Å². The highest BCUT2D eigenvalue weighted by Gasteiger charge is 2.28. The van der Waals surface area contributed by atoms with Gasteiger partial charge in [0.2, 0.25) is 0 Å². The van der Waals surface area contributed by atoms with Gasteiger partial charge in [0.05, 0.1) is 5.69 Å². The molecule has 1 aromatic rings. The van der Waals surface area contributed by atoms with Gasteiger partial charge in [0, 0.05) is 24.4 Å². The molecule has 0 amide bonds. The van der Waals surface area contributed by atoms with E-state index in [2.05, 4.69) is 15.3 Å². The SMILES string of the molecule is O=C(O)c1[nH]cc2c1N=C1CNCCC1C2. The summed E-state index contributed by atoms with van der Waals surface area (Å²) in [6.07, 6.45) is 3.78. The predicted octanol–water partition coefficient (Wildman–Crippen LogP) is 0.951. The third-order valence-electron chi connectivity index (χ3n) is 3.31. The zero-order valence-electron chi connectivity index (χ0n) is 8.79. The molecular formula is C11H13N3O2. The minimum atomic E-state index is -0.937. The van der Waals surface area contributed by atoms with Crippen LogP contribution >= 0.6 is 0 Å². The van der Waals surface area contributed by atoms with Crippen molar-refractivity contribution in [1.82, 2.24) is 10.3 Å². The fourth-order valence-corrected chi connectivity index (χ4v) is 2.47. The summed E-state index contributed by atoms with van der Waals surface area (Å²) in [5.74, 6) is -0.445. The lowest BCUT2D eigenvalue weighted by Crippen LogP contribution is -2.39. The highest BCUT2D eigenvalue weighted by atomic mass is 16.4. The van der Waals surface area contributed by atoms with E-state index >= 15 is 0 Å². The summed E-state index contributed by atoms with van der Waals surface area (Å²) in [6.45, 7) is 1.81. The van der Waals surface area contributed by atoms with Crippen LogP contribution in [0.25, 0.3) is 0 Å². The molecule has 1 atom stereocenters. The number of aromatic nitrogens is 1. The summed E-state index contributed by atoms with van der Waals surface area (Å²) in [4.78, 5) is 18.3. The van der Waals surface area contributed by atoms with Crippen LogP contribution < -0.4 is 5.32 Å². The molecule has 3 rings (SSSR count). The van der Waals surface area contributed by atoms with Gasteiger partial charge in [0.15, 0.2) is 5.69 Å². The summed E-state index contributed by atoms with van der Waals surface area (Å²) in [5, 5.41) is 12.3. The number of aromatic carboxylic acids is 1. The number of carbonyl (C=O) groups is 1. The van der Waals surface area contributed by atoms with Gasteiger partial charge in [0.25, 0.3) is 0 Å². The number of H-pyrrole nitrogens is 1. The van der Waals surface area contributed by atoms with Gasteiger partial charge in [-0.05, 0) is 24.9 Å². The predicted molar refractivity (Wildman–Crippen MR) is 59.5 cm³/mol. The Balaban J connectivity index is 2.05. The number of aliphatic imine (C=N–C) groups is 1. The standard InChI is InChI=1S/C11H13N3O2/c15-11(16)10-9-7(4-13-10)3-6-1-2-12-5-8(6)14-9/h4,6,12-13H,1-3,5H2,(H,15,16). The first-order valence-electron chi connectivity index (χ1n) is 5.47. The molecule has 2 aliphatic heterocycles. The lowest BCUT2D eigenvalue weighted by Gasteiger charge is -2.28. The van der Waals surface area contributed by atoms with E-state index in [1.54, 1.807) is 6.20 Å². The molecule has 84 valence electrons. The lowest BCUT2D eigenvalue weighted by molar-refractivity contribution is 0.0692. The third-order valence-corrected chi connectivity index (χ3v) is 3.31. The Hall–Kier alpha value is -1.62. The second-order valence-corrected chi connectivity index (χ2v) is 4.31. The minimum absolute atomic E-state index is 0.214. The van der Waals surface area contributed by atoms with Crippen LogP contribution in [0.4, 0.5) is 5.69 Å². The van der Waals surface area contributed by atoms with Crippen molar-refractivity contribution in [2.45, 2.75) is 12.8 Å². The maximum Gasteiger partial charge on any atom is 0.354 e. The number of hydrogen-bond acceptors (Lipinski definition) is 3. The summed E-state index contributed by atoms with van der Waals surface area (Å²) in [7, 11) is 0. The highest BCUT2D eigenvalue weighted by Crippen LogP contribution is 2.33. The van der Waals surface area contributed by atoms with Crippen molar-refractivity contribution in [2.75, 3.05) is 13.1 Å². The third kappa shape index (κ3) is 1.36. The van der Waals surface area contributed by atoms with E-state index in [4.69, 9.17) is 5.11 Å². The maximum atomic E-state index is 11.0. The molecule has 0 aliphatic carbocycles. The first-order chi connectivity index (χ1) is 7.75. The average molecular weight is 219 g/mol. The van der Waals surface area contributed by atoms with Crippen LogP contribution in [0.1, 0.15) is 22.5 Å². The second kappa shape index (κ2) is 3.45. The van der Waals surface area contributed by atoms with Crippen LogP contribution in [0.3, 0.4) is 0 Å². The first kappa shape index (κ1) is 9.59. The lowest BCUT2D eigenvalue weighted by atomic mass is 9.87. The van der Waals surface area contributed by atoms with Gasteiger partial charge < -0.3 is 15.4 Å². The van der Waals surface area contributed by atoms with Gasteiger partial charge >= 0.3 is 5.97 Å². The van der Waals surface area contributed by atoms with Crippen LogP contribution in [0, 0.1) is 5.92 Å². The molecule has 16 heavy (non-hydrogen) atoms. The van der Waals surface area contributed by atoms with Crippen molar-refractivity contribution in [3.8, 4) is 0 Å². The second-order valence-electron chi connectivity index (χ2n) is 4.31. The molecule has 1 aromatic heterocycles. The maximum absolute atomic E-state index is 11.0. The first-order valence-corrected chi connectivity index (χ1v) is 5.47. The molecule has 0 bridgehead atoms. The smallest absolute Gasteiger partial charge is 0.354 e. The molecule has 3 N–H and O–H groups in total. The number of carboxylic acids is 1. The molecule has 5 heteroatoms. The number of hydrogen-bond donors (Lipinski definition) is 3. The summed E-state index contributed by atoms with van der Waals surface area (Å²) >= 11 is 0. The number of nitrogens with zero attached hydrogens (tertiary/aromatic N) is 1. The Labute approximate surface area is 92.6 Å². The molecule has 1 fully saturated rings. The van der Waals surface area contributed by atoms with Crippen LogP contribution in [-0.4, -0.2) is 34.9 Å². The van der Waals surface area contributed by atoms with Gasteiger partial charge in [-0.3, -0.25) is 4.99 Å². The largest absolute Gasteiger partial charge is 0.477 e. The van der Waals surface area contributed by atoms with Crippen molar-refractivity contribution in [1.29, 1.82) is 0 Å². The number of rotatable bonds is 1. The molecule has 2 aliphatic rings. The molecule has 1 saturated heterocycles. The van der Waals surface area contributed by atoms with Crippen molar-refractivity contribution < 1.29 is 9.90 Å². The molecule has 0 saturated carbocycles. The van der Waals surface area contributed by atoms with Gasteiger partial charge in [0.1, 0.15) is 0 Å². The molecule has 0 aromatic carbocycles. The molecule has 0 radical (unpaired) electrons. The fraction of sp³-hybridized carbons (Fsp3) is 0.455. The molecule has 5 nitrogen and oxygen atoms in total. The van der Waals surface area contributed by atoms with Gasteiger partial charge in [-0.2, -0.15) is 0 Å². The molecule has 0 spiro atoms. The van der Waals surface area contributed by atoms with Crippen LogP contribution in [0.15, 0.2) is 11.2 Å². The van der Waals surface area contributed by atoms with Crippen molar-refractivity contribution >= 4 is 17.4 Å². The molecular weight excluding hydrogens is 206 g/mol. The monoisotopic (exact) mass is 219 g/mol. The topological polar surface area (TPSA) is 77.5 Å². The van der Waals surface area contributed by atoms with Crippen LogP contribution in [0.2, 0.25) is 0 Å². The van der Waals surface area contributed by atoms with Gasteiger partial charge in [-0.25, -0.2) is 4.79 Å². The quantitative estimate of drug-likeness (QED) is 0.658. The summed E-state index contributed by atoms with van der Waals surface area (Å²) in [5.41, 5.74) is 2.97.